The molecule has 0 aromatic heterocycles. The molecule has 118 valence electrons. The molecule has 1 unspecified atom stereocenters. The standard InChI is InChI=1S/C16H18Cl2N2O2/c1-10-12(17)5-6-13(14(10)18)22-11(2)15(21)20-16(9-19)7-3-4-8-16/h5-6,11H,3-4,7-8H2,1-2H3,(H,20,21). The number of halogens is 2. The number of carbonyl (C=O) groups excluding carboxylic acids is 1. The SMILES string of the molecule is Cc1c(Cl)ccc(OC(C)C(=O)NC2(C#N)CCCC2)c1Cl. The molecule has 22 heavy (non-hydrogen) atoms. The van der Waals surface area contributed by atoms with E-state index in [0.29, 0.717) is 34.2 Å². The molecule has 1 fully saturated rings. The van der Waals surface area contributed by atoms with E-state index >= 15 is 0 Å². The Morgan fingerprint density at radius 3 is 2.64 bits per heavy atom. The first-order valence-electron chi connectivity index (χ1n) is 7.23. The van der Waals surface area contributed by atoms with Crippen molar-refractivity contribution in [2.45, 2.75) is 51.2 Å². The number of ether oxygens (including phenoxy) is 1. The summed E-state index contributed by atoms with van der Waals surface area (Å²) in [6.07, 6.45) is 2.52. The van der Waals surface area contributed by atoms with Crippen LogP contribution in [0.25, 0.3) is 0 Å². The first-order valence-corrected chi connectivity index (χ1v) is 7.99. The molecule has 0 bridgehead atoms. The van der Waals surface area contributed by atoms with E-state index in [2.05, 4.69) is 11.4 Å². The van der Waals surface area contributed by atoms with Crippen molar-refractivity contribution < 1.29 is 9.53 Å². The van der Waals surface area contributed by atoms with E-state index in [4.69, 9.17) is 27.9 Å². The number of nitriles is 1. The minimum absolute atomic E-state index is 0.313. The van der Waals surface area contributed by atoms with Crippen molar-refractivity contribution in [3.63, 3.8) is 0 Å². The maximum Gasteiger partial charge on any atom is 0.262 e. The normalized spacial score (nSPS) is 17.6. The molecule has 1 atom stereocenters. The third-order valence-corrected chi connectivity index (χ3v) is 4.87. The van der Waals surface area contributed by atoms with E-state index in [1.807, 2.05) is 0 Å². The highest BCUT2D eigenvalue weighted by molar-refractivity contribution is 6.36. The number of nitrogens with zero attached hydrogens (tertiary/aromatic N) is 1. The van der Waals surface area contributed by atoms with Crippen molar-refractivity contribution in [1.82, 2.24) is 5.32 Å². The lowest BCUT2D eigenvalue weighted by Crippen LogP contribution is -2.49. The molecule has 6 heteroatoms. The predicted octanol–water partition coefficient (Wildman–Crippen LogP) is 4.02. The van der Waals surface area contributed by atoms with Gasteiger partial charge in [0, 0.05) is 5.02 Å². The van der Waals surface area contributed by atoms with Gasteiger partial charge in [-0.05, 0) is 57.2 Å². The highest BCUT2D eigenvalue weighted by Gasteiger charge is 2.36. The third kappa shape index (κ3) is 3.48. The van der Waals surface area contributed by atoms with Crippen molar-refractivity contribution in [3.8, 4) is 11.8 Å². The fourth-order valence-electron chi connectivity index (χ4n) is 2.55. The smallest absolute Gasteiger partial charge is 0.262 e. The Labute approximate surface area is 140 Å². The highest BCUT2D eigenvalue weighted by atomic mass is 35.5. The van der Waals surface area contributed by atoms with Crippen LogP contribution in [0.4, 0.5) is 0 Å². The molecule has 4 nitrogen and oxygen atoms in total. The average molecular weight is 341 g/mol. The quantitative estimate of drug-likeness (QED) is 0.900. The maximum atomic E-state index is 12.3. The van der Waals surface area contributed by atoms with E-state index in [1.165, 1.54) is 0 Å². The summed E-state index contributed by atoms with van der Waals surface area (Å²) in [6.45, 7) is 3.42. The Kier molecular flexibility index (Phi) is 5.20. The lowest BCUT2D eigenvalue weighted by Gasteiger charge is -2.25. The van der Waals surface area contributed by atoms with Crippen LogP contribution in [0.2, 0.25) is 10.0 Å². The number of hydrogen-bond acceptors (Lipinski definition) is 3. The van der Waals surface area contributed by atoms with Crippen molar-refractivity contribution >= 4 is 29.1 Å². The summed E-state index contributed by atoms with van der Waals surface area (Å²) in [5.41, 5.74) is -0.0493. The molecule has 1 aromatic carbocycles. The number of hydrogen-bond donors (Lipinski definition) is 1. The molecule has 0 radical (unpaired) electrons. The van der Waals surface area contributed by atoms with E-state index in [9.17, 15) is 10.1 Å². The third-order valence-electron chi connectivity index (χ3n) is 3.99. The Bertz CT molecular complexity index is 619. The zero-order chi connectivity index (χ0) is 16.3. The fourth-order valence-corrected chi connectivity index (χ4v) is 2.97. The minimum Gasteiger partial charge on any atom is -0.479 e. The molecule has 0 spiro atoms. The van der Waals surface area contributed by atoms with Crippen LogP contribution in [0.15, 0.2) is 12.1 Å². The van der Waals surface area contributed by atoms with Crippen LogP contribution >= 0.6 is 23.2 Å². The van der Waals surface area contributed by atoms with E-state index in [0.717, 1.165) is 12.8 Å². The highest BCUT2D eigenvalue weighted by Crippen LogP contribution is 2.33. The van der Waals surface area contributed by atoms with E-state index in [1.54, 1.807) is 26.0 Å². The van der Waals surface area contributed by atoms with Gasteiger partial charge < -0.3 is 10.1 Å². The van der Waals surface area contributed by atoms with Crippen molar-refractivity contribution in [3.05, 3.63) is 27.7 Å². The molecule has 1 amide bonds. The number of amides is 1. The van der Waals surface area contributed by atoms with Gasteiger partial charge in [-0.2, -0.15) is 5.26 Å². The molecule has 1 aliphatic rings. The Hall–Kier alpha value is -1.44. The summed E-state index contributed by atoms with van der Waals surface area (Å²) >= 11 is 12.2. The van der Waals surface area contributed by atoms with Gasteiger partial charge in [-0.15, -0.1) is 0 Å². The van der Waals surface area contributed by atoms with Gasteiger partial charge in [-0.3, -0.25) is 4.79 Å². The van der Waals surface area contributed by atoms with Crippen LogP contribution < -0.4 is 10.1 Å². The molecule has 1 aliphatic carbocycles. The first-order chi connectivity index (χ1) is 10.4. The second kappa shape index (κ2) is 6.76. The number of nitrogens with one attached hydrogen (secondary N) is 1. The van der Waals surface area contributed by atoms with Crippen molar-refractivity contribution in [2.24, 2.45) is 0 Å². The van der Waals surface area contributed by atoms with E-state index in [-0.39, 0.29) is 5.91 Å². The Morgan fingerprint density at radius 1 is 1.41 bits per heavy atom. The zero-order valence-electron chi connectivity index (χ0n) is 12.6. The van der Waals surface area contributed by atoms with Gasteiger partial charge in [0.2, 0.25) is 0 Å². The van der Waals surface area contributed by atoms with Crippen LogP contribution in [0.3, 0.4) is 0 Å². The van der Waals surface area contributed by atoms with Gasteiger partial charge in [0.1, 0.15) is 11.3 Å². The summed E-state index contributed by atoms with van der Waals surface area (Å²) in [7, 11) is 0. The average Bonchev–Trinajstić information content (AvgIpc) is 2.96. The second-order valence-electron chi connectivity index (χ2n) is 5.63. The van der Waals surface area contributed by atoms with Gasteiger partial charge in [-0.25, -0.2) is 0 Å². The molecule has 2 rings (SSSR count). The Balaban J connectivity index is 2.06. The van der Waals surface area contributed by atoms with Crippen LogP contribution in [0, 0.1) is 18.3 Å². The maximum absolute atomic E-state index is 12.3. The molecule has 1 aromatic rings. The molecular weight excluding hydrogens is 323 g/mol. The number of rotatable bonds is 4. The summed E-state index contributed by atoms with van der Waals surface area (Å²) in [6, 6.07) is 5.54. The van der Waals surface area contributed by atoms with Crippen LogP contribution in [-0.2, 0) is 4.79 Å². The molecule has 0 saturated heterocycles. The van der Waals surface area contributed by atoms with Gasteiger partial charge in [0.05, 0.1) is 11.1 Å². The van der Waals surface area contributed by atoms with Gasteiger partial charge in [-0.1, -0.05) is 23.2 Å². The van der Waals surface area contributed by atoms with Gasteiger partial charge in [0.25, 0.3) is 5.91 Å². The molecule has 0 aliphatic heterocycles. The van der Waals surface area contributed by atoms with Crippen molar-refractivity contribution in [1.29, 1.82) is 5.26 Å². The first kappa shape index (κ1) is 16.9. The van der Waals surface area contributed by atoms with E-state index < -0.39 is 11.6 Å². The molecular formula is C16H18Cl2N2O2. The van der Waals surface area contributed by atoms with Crippen LogP contribution in [0.5, 0.6) is 5.75 Å². The summed E-state index contributed by atoms with van der Waals surface area (Å²) < 4.78 is 5.63. The Morgan fingerprint density at radius 2 is 2.05 bits per heavy atom. The van der Waals surface area contributed by atoms with Crippen LogP contribution in [0.1, 0.15) is 38.2 Å². The molecule has 1 saturated carbocycles. The zero-order valence-corrected chi connectivity index (χ0v) is 14.1. The number of carbonyl (C=O) groups is 1. The summed E-state index contributed by atoms with van der Waals surface area (Å²) in [5.74, 6) is 0.0933. The number of benzene rings is 1. The lowest BCUT2D eigenvalue weighted by atomic mass is 9.99. The topological polar surface area (TPSA) is 62.1 Å². The molecule has 1 N–H and O–H groups in total. The molecule has 0 heterocycles. The largest absolute Gasteiger partial charge is 0.479 e. The van der Waals surface area contributed by atoms with Gasteiger partial charge in [0.15, 0.2) is 6.10 Å². The van der Waals surface area contributed by atoms with Gasteiger partial charge >= 0.3 is 0 Å². The summed E-state index contributed by atoms with van der Waals surface area (Å²) in [4.78, 5) is 12.3. The van der Waals surface area contributed by atoms with Crippen LogP contribution in [-0.4, -0.2) is 17.6 Å². The fraction of sp³-hybridized carbons (Fsp3) is 0.500. The monoisotopic (exact) mass is 340 g/mol. The summed E-state index contributed by atoms with van der Waals surface area (Å²) in [5, 5.41) is 13.1. The minimum atomic E-state index is -0.756. The predicted molar refractivity (Wildman–Crippen MR) is 86.2 cm³/mol. The van der Waals surface area contributed by atoms with Crippen molar-refractivity contribution in [2.75, 3.05) is 0 Å². The second-order valence-corrected chi connectivity index (χ2v) is 6.42. The lowest BCUT2D eigenvalue weighted by molar-refractivity contribution is -0.128.